The van der Waals surface area contributed by atoms with Crippen molar-refractivity contribution in [1.29, 1.82) is 0 Å². The van der Waals surface area contributed by atoms with E-state index in [1.807, 2.05) is 17.4 Å². The molecule has 5 aromatic rings. The Morgan fingerprint density at radius 1 is 0.903 bits per heavy atom. The molecule has 0 saturated carbocycles. The summed E-state index contributed by atoms with van der Waals surface area (Å²) in [5, 5.41) is 4.97. The fraction of sp³-hybridized carbons (Fsp3) is 0.250. The van der Waals surface area contributed by atoms with Crippen LogP contribution in [0.15, 0.2) is 60.8 Å². The van der Waals surface area contributed by atoms with Gasteiger partial charge in [0.05, 0.1) is 0 Å². The number of pyridine rings is 1. The Labute approximate surface area is 192 Å². The van der Waals surface area contributed by atoms with Gasteiger partial charge >= 0.3 is 193 Å². The molecule has 0 aliphatic heterocycles. The van der Waals surface area contributed by atoms with Gasteiger partial charge in [0.15, 0.2) is 0 Å². The average Bonchev–Trinajstić information content (AvgIpc) is 3.11. The Hall–Kier alpha value is -2.17. The molecule has 0 N–H and O–H groups in total. The molecular weight excluding hydrogens is 455 g/mol. The minimum absolute atomic E-state index is 0.335. The molecular formula is C28H29GeNS. The van der Waals surface area contributed by atoms with E-state index in [-0.39, 0.29) is 0 Å². The molecule has 0 fully saturated rings. The Morgan fingerprint density at radius 2 is 1.65 bits per heavy atom. The molecule has 2 heterocycles. The quantitative estimate of drug-likeness (QED) is 0.235. The van der Waals surface area contributed by atoms with Gasteiger partial charge in [-0.2, -0.15) is 0 Å². The van der Waals surface area contributed by atoms with Crippen LogP contribution in [0.4, 0.5) is 0 Å². The Bertz CT molecular complexity index is 1510. The summed E-state index contributed by atoms with van der Waals surface area (Å²) >= 11 is -0.111. The van der Waals surface area contributed by atoms with E-state index >= 15 is 0 Å². The SMILES string of the molecule is [2H]c1cc2c(sc3c(C)[c]([Ge]([CH3])([CH3])[CH3])ccc32)c(-c2cc(C(C)C)c3ccccc3c2)n1. The maximum absolute atomic E-state index is 8.48. The van der Waals surface area contributed by atoms with E-state index in [2.05, 4.69) is 86.6 Å². The zero-order chi connectivity index (χ0) is 22.8. The number of hydrogen-bond acceptors (Lipinski definition) is 2. The molecule has 0 amide bonds. The van der Waals surface area contributed by atoms with Crippen LogP contribution in [0.25, 0.3) is 42.2 Å². The first-order valence-corrected chi connectivity index (χ1v) is 19.2. The number of thiophene rings is 1. The summed E-state index contributed by atoms with van der Waals surface area (Å²) in [4.78, 5) is 4.76. The van der Waals surface area contributed by atoms with Crippen LogP contribution in [0.1, 0.15) is 32.3 Å². The Morgan fingerprint density at radius 3 is 2.39 bits per heavy atom. The van der Waals surface area contributed by atoms with Crippen molar-refractivity contribution in [3.8, 4) is 11.3 Å². The van der Waals surface area contributed by atoms with Gasteiger partial charge in [0.1, 0.15) is 0 Å². The molecule has 0 radical (unpaired) electrons. The molecule has 156 valence electrons. The Balaban J connectivity index is 1.86. The monoisotopic (exact) mass is 486 g/mol. The molecule has 0 saturated heterocycles. The van der Waals surface area contributed by atoms with Crippen LogP contribution in [0.3, 0.4) is 0 Å². The van der Waals surface area contributed by atoms with Gasteiger partial charge in [-0.15, -0.1) is 0 Å². The summed E-state index contributed by atoms with van der Waals surface area (Å²) in [5.74, 6) is 7.79. The van der Waals surface area contributed by atoms with Gasteiger partial charge in [-0.25, -0.2) is 0 Å². The summed E-state index contributed by atoms with van der Waals surface area (Å²) in [6.45, 7) is 6.78. The van der Waals surface area contributed by atoms with Crippen LogP contribution in [0.5, 0.6) is 0 Å². The standard InChI is InChI=1S/C28H29GeNS/c1-17(2)24-16-20(15-19-9-7-8-10-21(19)24)26-28-23(13-14-30-26)22-11-12-25(29(4,5)6)18(3)27(22)31-28/h7-17H,1-6H3/i14D. The van der Waals surface area contributed by atoms with Crippen LogP contribution >= 0.6 is 11.3 Å². The number of hydrogen-bond donors (Lipinski definition) is 0. The topological polar surface area (TPSA) is 12.9 Å². The number of aromatic nitrogens is 1. The van der Waals surface area contributed by atoms with Crippen molar-refractivity contribution < 1.29 is 1.37 Å². The van der Waals surface area contributed by atoms with Crippen molar-refractivity contribution in [3.05, 3.63) is 71.9 Å². The zero-order valence-corrected chi connectivity index (χ0v) is 22.0. The van der Waals surface area contributed by atoms with Crippen LogP contribution < -0.4 is 4.40 Å². The van der Waals surface area contributed by atoms with E-state index in [0.29, 0.717) is 12.1 Å². The number of aryl methyl sites for hydroxylation is 1. The van der Waals surface area contributed by atoms with Gasteiger partial charge in [-0.05, 0) is 0 Å². The minimum atomic E-state index is -1.96. The predicted molar refractivity (Wildman–Crippen MR) is 142 cm³/mol. The molecule has 3 heteroatoms. The van der Waals surface area contributed by atoms with Crippen molar-refractivity contribution in [2.75, 3.05) is 0 Å². The first-order valence-electron chi connectivity index (χ1n) is 11.5. The van der Waals surface area contributed by atoms with Crippen molar-refractivity contribution >= 4 is 59.9 Å². The number of nitrogens with zero attached hydrogens (tertiary/aromatic N) is 1. The van der Waals surface area contributed by atoms with Gasteiger partial charge in [-0.1, -0.05) is 0 Å². The molecule has 31 heavy (non-hydrogen) atoms. The molecule has 5 rings (SSSR count). The molecule has 0 bridgehead atoms. The van der Waals surface area contributed by atoms with Crippen LogP contribution in [-0.2, 0) is 0 Å². The number of rotatable bonds is 3. The summed E-state index contributed by atoms with van der Waals surface area (Å²) in [6, 6.07) is 19.7. The van der Waals surface area contributed by atoms with Crippen LogP contribution in [0.2, 0.25) is 17.3 Å². The van der Waals surface area contributed by atoms with E-state index in [1.54, 1.807) is 4.40 Å². The number of fused-ring (bicyclic) bond motifs is 4. The first-order chi connectivity index (χ1) is 15.1. The van der Waals surface area contributed by atoms with E-state index in [9.17, 15) is 0 Å². The third kappa shape index (κ3) is 3.41. The summed E-state index contributed by atoms with van der Waals surface area (Å²) in [5.41, 5.74) is 4.82. The van der Waals surface area contributed by atoms with Crippen molar-refractivity contribution in [3.63, 3.8) is 0 Å². The van der Waals surface area contributed by atoms with Gasteiger partial charge in [0.2, 0.25) is 0 Å². The van der Waals surface area contributed by atoms with E-state index in [4.69, 9.17) is 6.35 Å². The van der Waals surface area contributed by atoms with E-state index < -0.39 is 13.3 Å². The molecule has 1 nitrogen and oxygen atoms in total. The predicted octanol–water partition coefficient (Wildman–Crippen LogP) is 8.25. The molecule has 0 aliphatic rings. The average molecular weight is 485 g/mol. The second-order valence-electron chi connectivity index (χ2n) is 9.88. The van der Waals surface area contributed by atoms with Gasteiger partial charge in [0, 0.05) is 0 Å². The van der Waals surface area contributed by atoms with Crippen molar-refractivity contribution in [1.82, 2.24) is 4.98 Å². The maximum atomic E-state index is 8.48. The van der Waals surface area contributed by atoms with Crippen LogP contribution in [0, 0.1) is 6.92 Å². The van der Waals surface area contributed by atoms with Crippen molar-refractivity contribution in [2.24, 2.45) is 0 Å². The summed E-state index contributed by atoms with van der Waals surface area (Å²) < 4.78 is 12.6. The molecule has 2 aromatic heterocycles. The second kappa shape index (κ2) is 7.46. The van der Waals surface area contributed by atoms with Gasteiger partial charge in [-0.3, -0.25) is 0 Å². The van der Waals surface area contributed by atoms with Gasteiger partial charge < -0.3 is 0 Å². The molecule has 0 unspecified atom stereocenters. The van der Waals surface area contributed by atoms with E-state index in [0.717, 1.165) is 16.6 Å². The molecule has 0 atom stereocenters. The molecule has 0 spiro atoms. The number of benzene rings is 3. The van der Waals surface area contributed by atoms with Gasteiger partial charge in [0.25, 0.3) is 0 Å². The third-order valence-electron chi connectivity index (χ3n) is 6.34. The summed E-state index contributed by atoms with van der Waals surface area (Å²) in [6.07, 6.45) is 0.335. The Kier molecular flexibility index (Phi) is 4.70. The first kappa shape index (κ1) is 19.5. The fourth-order valence-corrected chi connectivity index (χ4v) is 10.1. The van der Waals surface area contributed by atoms with Crippen molar-refractivity contribution in [2.45, 2.75) is 44.0 Å². The fourth-order valence-electron chi connectivity index (χ4n) is 4.81. The normalized spacial score (nSPS) is 12.9. The molecule has 3 aromatic carbocycles. The second-order valence-corrected chi connectivity index (χ2v) is 21.5. The zero-order valence-electron chi connectivity index (χ0n) is 20.1. The summed E-state index contributed by atoms with van der Waals surface area (Å²) in [7, 11) is 0. The molecule has 0 aliphatic carbocycles. The third-order valence-corrected chi connectivity index (χ3v) is 12.2. The van der Waals surface area contributed by atoms with E-state index in [1.165, 1.54) is 36.7 Å². The van der Waals surface area contributed by atoms with Crippen LogP contribution in [-0.4, -0.2) is 18.3 Å².